The van der Waals surface area contributed by atoms with Crippen LogP contribution >= 0.6 is 0 Å². The molecular formula is C17H18N2O7S. The molecule has 0 radical (unpaired) electrons. The van der Waals surface area contributed by atoms with Crippen molar-refractivity contribution in [2.75, 3.05) is 10.8 Å². The average molecular weight is 394 g/mol. The van der Waals surface area contributed by atoms with E-state index in [1.54, 1.807) is 0 Å². The third-order valence-corrected chi connectivity index (χ3v) is 5.16. The normalized spacial score (nSPS) is 11.2. The highest BCUT2D eigenvalue weighted by Gasteiger charge is 2.28. The maximum atomic E-state index is 12.9. The molecule has 0 atom stereocenters. The molecule has 0 aliphatic rings. The van der Waals surface area contributed by atoms with E-state index in [0.717, 1.165) is 12.1 Å². The van der Waals surface area contributed by atoms with Gasteiger partial charge in [0.25, 0.3) is 15.7 Å². The van der Waals surface area contributed by atoms with E-state index in [-0.39, 0.29) is 16.7 Å². The number of rotatable bonds is 8. The van der Waals surface area contributed by atoms with Crippen molar-refractivity contribution < 1.29 is 28.0 Å². The second kappa shape index (κ2) is 8.04. The third-order valence-electron chi connectivity index (χ3n) is 3.39. The van der Waals surface area contributed by atoms with Crippen molar-refractivity contribution in [2.24, 2.45) is 0 Å². The fourth-order valence-electron chi connectivity index (χ4n) is 2.29. The molecule has 0 amide bonds. The number of nitro groups is 1. The lowest BCUT2D eigenvalue weighted by atomic mass is 10.3. The number of anilines is 1. The van der Waals surface area contributed by atoms with Crippen molar-refractivity contribution in [3.05, 3.63) is 58.6 Å². The molecule has 0 heterocycles. The standard InChI is InChI=1S/C17H18N2O7S/c1-12(2)26-15-8-6-13(7-9-15)18(11-17(20)21)27(24,25)16-5-3-4-14(10-16)19(22)23/h3-10,12H,11H2,1-2H3,(H,20,21). The Balaban J connectivity index is 2.47. The van der Waals surface area contributed by atoms with Crippen molar-refractivity contribution >= 4 is 27.4 Å². The van der Waals surface area contributed by atoms with Crippen LogP contribution in [0.5, 0.6) is 5.75 Å². The van der Waals surface area contributed by atoms with E-state index in [9.17, 15) is 23.3 Å². The van der Waals surface area contributed by atoms with Gasteiger partial charge in [0.2, 0.25) is 0 Å². The first-order valence-corrected chi connectivity index (χ1v) is 9.31. The molecule has 0 fully saturated rings. The van der Waals surface area contributed by atoms with Gasteiger partial charge in [-0.15, -0.1) is 0 Å². The van der Waals surface area contributed by atoms with Gasteiger partial charge in [-0.2, -0.15) is 0 Å². The minimum atomic E-state index is -4.33. The van der Waals surface area contributed by atoms with Gasteiger partial charge in [-0.3, -0.25) is 19.2 Å². The maximum absolute atomic E-state index is 12.9. The Labute approximate surface area is 156 Å². The summed E-state index contributed by atoms with van der Waals surface area (Å²) in [4.78, 5) is 21.0. The first kappa shape index (κ1) is 20.2. The third kappa shape index (κ3) is 4.94. The van der Waals surface area contributed by atoms with Gasteiger partial charge in [-0.05, 0) is 44.2 Å². The van der Waals surface area contributed by atoms with E-state index in [1.807, 2.05) is 13.8 Å². The first-order valence-electron chi connectivity index (χ1n) is 7.87. The van der Waals surface area contributed by atoms with Crippen LogP contribution in [0, 0.1) is 10.1 Å². The van der Waals surface area contributed by atoms with Crippen molar-refractivity contribution in [2.45, 2.75) is 24.8 Å². The van der Waals surface area contributed by atoms with Gasteiger partial charge in [0.05, 0.1) is 21.6 Å². The van der Waals surface area contributed by atoms with Gasteiger partial charge in [0, 0.05) is 12.1 Å². The lowest BCUT2D eigenvalue weighted by Crippen LogP contribution is -2.35. The molecule has 10 heteroatoms. The zero-order chi connectivity index (χ0) is 20.2. The Morgan fingerprint density at radius 2 is 1.85 bits per heavy atom. The fourth-order valence-corrected chi connectivity index (χ4v) is 3.74. The molecule has 1 N–H and O–H groups in total. The fraction of sp³-hybridized carbons (Fsp3) is 0.235. The molecule has 2 rings (SSSR count). The van der Waals surface area contributed by atoms with Crippen molar-refractivity contribution in [1.82, 2.24) is 0 Å². The Kier molecular flexibility index (Phi) is 6.01. The van der Waals surface area contributed by atoms with Crippen molar-refractivity contribution in [3.63, 3.8) is 0 Å². The second-order valence-electron chi connectivity index (χ2n) is 5.82. The molecule has 0 saturated carbocycles. The summed E-state index contributed by atoms with van der Waals surface area (Å²) in [5.41, 5.74) is -0.313. The molecule has 2 aromatic carbocycles. The highest BCUT2D eigenvalue weighted by Crippen LogP contribution is 2.27. The van der Waals surface area contributed by atoms with Gasteiger partial charge >= 0.3 is 5.97 Å². The number of benzene rings is 2. The zero-order valence-corrected chi connectivity index (χ0v) is 15.4. The summed E-state index contributed by atoms with van der Waals surface area (Å²) >= 11 is 0. The van der Waals surface area contributed by atoms with Crippen LogP contribution < -0.4 is 9.04 Å². The van der Waals surface area contributed by atoms with E-state index >= 15 is 0 Å². The summed E-state index contributed by atoms with van der Waals surface area (Å²) < 4.78 is 32.0. The lowest BCUT2D eigenvalue weighted by molar-refractivity contribution is -0.385. The Hall–Kier alpha value is -3.14. The molecule has 0 aliphatic carbocycles. The number of ether oxygens (including phenoxy) is 1. The average Bonchev–Trinajstić information content (AvgIpc) is 2.60. The first-order chi connectivity index (χ1) is 12.6. The minimum Gasteiger partial charge on any atom is -0.491 e. The summed E-state index contributed by atoms with van der Waals surface area (Å²) in [5.74, 6) is -0.872. The topological polar surface area (TPSA) is 127 Å². The molecule has 0 bridgehead atoms. The number of sulfonamides is 1. The number of hydrogen-bond donors (Lipinski definition) is 1. The predicted octanol–water partition coefficient (Wildman–Crippen LogP) is 2.66. The molecule has 9 nitrogen and oxygen atoms in total. The van der Waals surface area contributed by atoms with E-state index in [0.29, 0.717) is 10.1 Å². The summed E-state index contributed by atoms with van der Waals surface area (Å²) in [6, 6.07) is 10.3. The van der Waals surface area contributed by atoms with Gasteiger partial charge < -0.3 is 9.84 Å². The summed E-state index contributed by atoms with van der Waals surface area (Å²) in [6.45, 7) is 2.82. The number of nitro benzene ring substituents is 1. The summed E-state index contributed by atoms with van der Waals surface area (Å²) in [7, 11) is -4.33. The molecule has 0 unspecified atom stereocenters. The number of aliphatic carboxylic acids is 1. The van der Waals surface area contributed by atoms with Crippen LogP contribution in [0.1, 0.15) is 13.8 Å². The van der Waals surface area contributed by atoms with Crippen LogP contribution in [0.25, 0.3) is 0 Å². The number of nitrogens with zero attached hydrogens (tertiary/aromatic N) is 2. The van der Waals surface area contributed by atoms with Crippen LogP contribution in [0.2, 0.25) is 0 Å². The van der Waals surface area contributed by atoms with Crippen LogP contribution in [-0.2, 0) is 14.8 Å². The number of non-ortho nitro benzene ring substituents is 1. The van der Waals surface area contributed by atoms with Crippen LogP contribution in [-0.4, -0.2) is 37.1 Å². The van der Waals surface area contributed by atoms with Crippen molar-refractivity contribution in [3.8, 4) is 5.75 Å². The largest absolute Gasteiger partial charge is 0.491 e. The van der Waals surface area contributed by atoms with E-state index < -0.39 is 33.1 Å². The molecule has 0 aromatic heterocycles. The molecule has 0 spiro atoms. The number of carboxylic acid groups (broad SMARTS) is 1. The highest BCUT2D eigenvalue weighted by molar-refractivity contribution is 7.92. The second-order valence-corrected chi connectivity index (χ2v) is 7.68. The Bertz CT molecular complexity index is 940. The Morgan fingerprint density at radius 3 is 2.37 bits per heavy atom. The van der Waals surface area contributed by atoms with Gasteiger partial charge in [-0.1, -0.05) is 6.07 Å². The van der Waals surface area contributed by atoms with E-state index in [2.05, 4.69) is 0 Å². The molecule has 144 valence electrons. The minimum absolute atomic E-state index is 0.0837. The number of carboxylic acids is 1. The quantitative estimate of drug-likeness (QED) is 0.538. The molecule has 27 heavy (non-hydrogen) atoms. The predicted molar refractivity (Wildman–Crippen MR) is 97.5 cm³/mol. The smallest absolute Gasteiger partial charge is 0.324 e. The zero-order valence-electron chi connectivity index (χ0n) is 14.6. The SMILES string of the molecule is CC(C)Oc1ccc(N(CC(=O)O)S(=O)(=O)c2cccc([N+](=O)[O-])c2)cc1. The maximum Gasteiger partial charge on any atom is 0.324 e. The van der Waals surface area contributed by atoms with Crippen molar-refractivity contribution in [1.29, 1.82) is 0 Å². The van der Waals surface area contributed by atoms with Crippen LogP contribution in [0.15, 0.2) is 53.4 Å². The number of carbonyl (C=O) groups is 1. The number of hydrogen-bond acceptors (Lipinski definition) is 6. The summed E-state index contributed by atoms with van der Waals surface area (Å²) in [6.07, 6.45) is -0.0837. The molecule has 0 saturated heterocycles. The molecular weight excluding hydrogens is 376 g/mol. The monoisotopic (exact) mass is 394 g/mol. The highest BCUT2D eigenvalue weighted by atomic mass is 32.2. The van der Waals surface area contributed by atoms with E-state index in [4.69, 9.17) is 9.84 Å². The van der Waals surface area contributed by atoms with Crippen LogP contribution in [0.3, 0.4) is 0 Å². The Morgan fingerprint density at radius 1 is 1.22 bits per heavy atom. The van der Waals surface area contributed by atoms with Gasteiger partial charge in [0.1, 0.15) is 12.3 Å². The van der Waals surface area contributed by atoms with Gasteiger partial charge in [0.15, 0.2) is 0 Å². The lowest BCUT2D eigenvalue weighted by Gasteiger charge is -2.23. The summed E-state index contributed by atoms with van der Waals surface area (Å²) in [5, 5.41) is 20.0. The van der Waals surface area contributed by atoms with Crippen LogP contribution in [0.4, 0.5) is 11.4 Å². The van der Waals surface area contributed by atoms with E-state index in [1.165, 1.54) is 36.4 Å². The molecule has 2 aromatic rings. The molecule has 0 aliphatic heterocycles. The van der Waals surface area contributed by atoms with Gasteiger partial charge in [-0.25, -0.2) is 8.42 Å².